The van der Waals surface area contributed by atoms with E-state index in [-0.39, 0.29) is 5.56 Å². The van der Waals surface area contributed by atoms with Crippen molar-refractivity contribution in [1.29, 1.82) is 0 Å². The van der Waals surface area contributed by atoms with E-state index in [9.17, 15) is 4.79 Å². The van der Waals surface area contributed by atoms with Gasteiger partial charge in [0.25, 0.3) is 5.56 Å². The van der Waals surface area contributed by atoms with Crippen molar-refractivity contribution in [3.05, 3.63) is 223 Å². The molecular formula is C59H35N3O. The molecular weight excluding hydrogens is 767 g/mol. The predicted molar refractivity (Wildman–Crippen MR) is 264 cm³/mol. The van der Waals surface area contributed by atoms with Crippen molar-refractivity contribution in [2.45, 2.75) is 0 Å². The molecule has 0 aliphatic carbocycles. The van der Waals surface area contributed by atoms with Gasteiger partial charge >= 0.3 is 0 Å². The smallest absolute Gasteiger partial charge is 0.263 e. The van der Waals surface area contributed by atoms with Crippen LogP contribution in [0.25, 0.3) is 126 Å². The van der Waals surface area contributed by atoms with Crippen molar-refractivity contribution < 1.29 is 0 Å². The number of aromatic nitrogens is 3. The second kappa shape index (κ2) is 12.8. The third kappa shape index (κ3) is 4.72. The molecule has 0 atom stereocenters. The first-order valence-corrected chi connectivity index (χ1v) is 21.6. The van der Waals surface area contributed by atoms with Gasteiger partial charge in [-0.3, -0.25) is 9.20 Å². The van der Waals surface area contributed by atoms with E-state index in [1.807, 2.05) is 22.6 Å². The van der Waals surface area contributed by atoms with Crippen LogP contribution in [0.3, 0.4) is 0 Å². The number of hydrogen-bond donors (Lipinski definition) is 0. The summed E-state index contributed by atoms with van der Waals surface area (Å²) in [7, 11) is 0. The van der Waals surface area contributed by atoms with E-state index in [0.717, 1.165) is 66.0 Å². The summed E-state index contributed by atoms with van der Waals surface area (Å²) in [4.78, 5) is 14.0. The van der Waals surface area contributed by atoms with Crippen LogP contribution in [0.2, 0.25) is 0 Å². The molecule has 0 aliphatic heterocycles. The second-order valence-electron chi connectivity index (χ2n) is 16.8. The van der Waals surface area contributed by atoms with Crippen LogP contribution in [0, 0.1) is 0 Å². The number of nitrogens with zero attached hydrogens (tertiary/aromatic N) is 3. The number of fused-ring (bicyclic) bond motifs is 13. The van der Waals surface area contributed by atoms with E-state index in [4.69, 9.17) is 0 Å². The van der Waals surface area contributed by atoms with Crippen LogP contribution in [-0.4, -0.2) is 13.5 Å². The molecule has 0 unspecified atom stereocenters. The zero-order valence-electron chi connectivity index (χ0n) is 34.0. The lowest BCUT2D eigenvalue weighted by Gasteiger charge is -2.14. The zero-order chi connectivity index (χ0) is 41.3. The Bertz CT molecular complexity index is 4280. The summed E-state index contributed by atoms with van der Waals surface area (Å²) < 4.78 is 6.83. The highest BCUT2D eigenvalue weighted by Gasteiger charge is 2.22. The summed E-state index contributed by atoms with van der Waals surface area (Å²) in [6.45, 7) is 0. The van der Waals surface area contributed by atoms with Gasteiger partial charge in [0.15, 0.2) is 0 Å². The highest BCUT2D eigenvalue weighted by atomic mass is 16.1. The van der Waals surface area contributed by atoms with E-state index >= 15 is 0 Å². The Hall–Kier alpha value is -8.47. The van der Waals surface area contributed by atoms with E-state index in [2.05, 4.69) is 203 Å². The highest BCUT2D eigenvalue weighted by molar-refractivity contribution is 6.24. The quantitative estimate of drug-likeness (QED) is 0.163. The maximum absolute atomic E-state index is 14.0. The fourth-order valence-corrected chi connectivity index (χ4v) is 10.8. The third-order valence-electron chi connectivity index (χ3n) is 13.6. The summed E-state index contributed by atoms with van der Waals surface area (Å²) >= 11 is 0. The molecule has 4 heteroatoms. The van der Waals surface area contributed by atoms with Crippen molar-refractivity contribution in [2.75, 3.05) is 0 Å². The molecule has 292 valence electrons. The van der Waals surface area contributed by atoms with Crippen LogP contribution >= 0.6 is 0 Å². The number of pyridine rings is 1. The first-order chi connectivity index (χ1) is 31.2. The lowest BCUT2D eigenvalue weighted by Crippen LogP contribution is -2.12. The lowest BCUT2D eigenvalue weighted by atomic mass is 9.94. The first kappa shape index (κ1) is 34.3. The molecule has 0 saturated carbocycles. The normalized spacial score (nSPS) is 12.2. The maximum Gasteiger partial charge on any atom is 0.263 e. The molecule has 0 radical (unpaired) electrons. The van der Waals surface area contributed by atoms with Gasteiger partial charge in [0, 0.05) is 54.5 Å². The molecule has 0 fully saturated rings. The topological polar surface area (TPSA) is 31.3 Å². The van der Waals surface area contributed by atoms with Gasteiger partial charge in [0.2, 0.25) is 0 Å². The Morgan fingerprint density at radius 3 is 1.60 bits per heavy atom. The first-order valence-electron chi connectivity index (χ1n) is 21.6. The van der Waals surface area contributed by atoms with Crippen molar-refractivity contribution in [2.24, 2.45) is 0 Å². The van der Waals surface area contributed by atoms with Gasteiger partial charge in [0.05, 0.1) is 33.1 Å². The summed E-state index contributed by atoms with van der Waals surface area (Å²) in [5.41, 5.74) is 13.6. The number of rotatable bonds is 4. The van der Waals surface area contributed by atoms with E-state index in [1.165, 1.54) is 59.9 Å². The molecule has 0 amide bonds. The van der Waals surface area contributed by atoms with Gasteiger partial charge in [0.1, 0.15) is 0 Å². The fourth-order valence-electron chi connectivity index (χ4n) is 10.8. The molecule has 14 rings (SSSR count). The van der Waals surface area contributed by atoms with Crippen molar-refractivity contribution in [3.63, 3.8) is 0 Å². The molecule has 0 saturated heterocycles. The standard InChI is InChI=1S/C59H35N3O/c63-59-51-21-5-4-18-44(51)47-23-12-24-48-52-35-37(27-32-55(52)62(59)56(47)48)36-13-10-14-38(33-36)42-22-11-15-39-34-41(28-29-43(39)42)61-54-26-9-7-20-46(54)50-31-30-49-45-19-6-8-25-53(45)60(57(49)58(50)61)40-16-2-1-3-17-40/h1-35H. The molecule has 4 heterocycles. The molecule has 0 bridgehead atoms. The zero-order valence-corrected chi connectivity index (χ0v) is 34.0. The van der Waals surface area contributed by atoms with Crippen molar-refractivity contribution in [3.8, 4) is 33.6 Å². The van der Waals surface area contributed by atoms with Gasteiger partial charge < -0.3 is 9.13 Å². The van der Waals surface area contributed by atoms with Gasteiger partial charge in [-0.2, -0.15) is 0 Å². The minimum atomic E-state index is 0.0277. The molecule has 4 nitrogen and oxygen atoms in total. The Morgan fingerprint density at radius 1 is 0.286 bits per heavy atom. The Balaban J connectivity index is 0.939. The monoisotopic (exact) mass is 801 g/mol. The highest BCUT2D eigenvalue weighted by Crippen LogP contribution is 2.43. The summed E-state index contributed by atoms with van der Waals surface area (Å²) in [6, 6.07) is 76.3. The predicted octanol–water partition coefficient (Wildman–Crippen LogP) is 14.9. The minimum absolute atomic E-state index is 0.0277. The average Bonchev–Trinajstić information content (AvgIpc) is 3.99. The molecule has 63 heavy (non-hydrogen) atoms. The van der Waals surface area contributed by atoms with Crippen LogP contribution in [0.1, 0.15) is 0 Å². The SMILES string of the molecule is O=c1c2ccccc2c2cccc3c4cc(-c5cccc(-c6cccc7cc(-n8c9ccccc9c9ccc%10c%11ccccc%11n(-c%11ccccc%11)c%10c98)ccc67)c5)ccc4n1c23. The minimum Gasteiger partial charge on any atom is -0.307 e. The summed E-state index contributed by atoms with van der Waals surface area (Å²) in [6.07, 6.45) is 0. The number of hydrogen-bond acceptors (Lipinski definition) is 1. The summed E-state index contributed by atoms with van der Waals surface area (Å²) in [5, 5.41) is 12.3. The molecule has 4 aromatic heterocycles. The van der Waals surface area contributed by atoms with Gasteiger partial charge in [-0.05, 0) is 99.1 Å². The van der Waals surface area contributed by atoms with Crippen LogP contribution in [0.4, 0.5) is 0 Å². The van der Waals surface area contributed by atoms with Crippen LogP contribution in [0.5, 0.6) is 0 Å². The van der Waals surface area contributed by atoms with Gasteiger partial charge in [-0.1, -0.05) is 152 Å². The molecule has 14 aromatic rings. The lowest BCUT2D eigenvalue weighted by molar-refractivity contribution is 1.15. The Morgan fingerprint density at radius 2 is 0.841 bits per heavy atom. The molecule has 0 spiro atoms. The number of para-hydroxylation sites is 4. The van der Waals surface area contributed by atoms with E-state index < -0.39 is 0 Å². The Kier molecular flexibility index (Phi) is 6.95. The van der Waals surface area contributed by atoms with Crippen LogP contribution < -0.4 is 5.56 Å². The molecule has 0 N–H and O–H groups in total. The molecule has 10 aromatic carbocycles. The maximum atomic E-state index is 14.0. The van der Waals surface area contributed by atoms with Gasteiger partial charge in [-0.25, -0.2) is 0 Å². The van der Waals surface area contributed by atoms with Crippen LogP contribution in [-0.2, 0) is 0 Å². The summed E-state index contributed by atoms with van der Waals surface area (Å²) in [5.74, 6) is 0. The van der Waals surface area contributed by atoms with Gasteiger partial charge in [-0.15, -0.1) is 0 Å². The second-order valence-corrected chi connectivity index (χ2v) is 16.8. The van der Waals surface area contributed by atoms with E-state index in [0.29, 0.717) is 0 Å². The largest absolute Gasteiger partial charge is 0.307 e. The van der Waals surface area contributed by atoms with Crippen LogP contribution in [0.15, 0.2) is 217 Å². The van der Waals surface area contributed by atoms with Crippen molar-refractivity contribution >= 4 is 92.3 Å². The van der Waals surface area contributed by atoms with E-state index in [1.54, 1.807) is 0 Å². The Labute approximate surface area is 360 Å². The number of benzene rings is 10. The van der Waals surface area contributed by atoms with Crippen molar-refractivity contribution in [1.82, 2.24) is 13.5 Å². The average molecular weight is 802 g/mol. The molecule has 0 aliphatic rings. The fraction of sp³-hybridized carbons (Fsp3) is 0. The third-order valence-corrected chi connectivity index (χ3v) is 13.6.